The Kier molecular flexibility index (Phi) is 9.46. The van der Waals surface area contributed by atoms with Gasteiger partial charge in [-0.2, -0.15) is 5.26 Å². The molecule has 0 spiro atoms. The Morgan fingerprint density at radius 3 is 1.34 bits per heavy atom. The average Bonchev–Trinajstić information content (AvgIpc) is 3.82. The minimum Gasteiger partial charge on any atom is -0.308 e. The summed E-state index contributed by atoms with van der Waals surface area (Å²) in [7, 11) is 0.819. The van der Waals surface area contributed by atoms with Crippen LogP contribution in [0, 0.1) is 39.0 Å². The maximum Gasteiger partial charge on any atom is 0.104 e. The molecule has 0 aliphatic carbocycles. The number of para-hydroxylation sites is 2. The van der Waals surface area contributed by atoms with Crippen molar-refractivity contribution in [2.24, 2.45) is 0 Å². The fraction of sp³-hybridized carbons (Fsp3) is 0.0678. The van der Waals surface area contributed by atoms with Crippen LogP contribution < -0.4 is 5.44 Å². The molecule has 0 bridgehead atoms. The van der Waals surface area contributed by atoms with Gasteiger partial charge in [0.05, 0.1) is 44.6 Å². The quantitative estimate of drug-likeness (QED) is 0.150. The highest BCUT2D eigenvalue weighted by Crippen LogP contribution is 2.42. The molecule has 11 aromatic rings. The lowest BCUT2D eigenvalue weighted by atomic mass is 9.98. The van der Waals surface area contributed by atoms with Crippen LogP contribution in [0.2, 0.25) is 0 Å². The zero-order valence-electron chi connectivity index (χ0n) is 36.2. The zero-order chi connectivity index (χ0) is 43.6. The topological polar surface area (TPSA) is 46.5 Å². The number of rotatable bonds is 7. The Morgan fingerprint density at radius 2 is 0.859 bits per heavy atom. The molecule has 0 aliphatic rings. The molecule has 0 aliphatic heterocycles. The van der Waals surface area contributed by atoms with Gasteiger partial charge in [-0.25, -0.2) is 4.98 Å². The summed E-state index contributed by atoms with van der Waals surface area (Å²) in [6.45, 7) is 8.62. The van der Waals surface area contributed by atoms with Gasteiger partial charge in [0.15, 0.2) is 0 Å². The van der Waals surface area contributed by atoms with Gasteiger partial charge in [-0.1, -0.05) is 152 Å². The van der Waals surface area contributed by atoms with Crippen LogP contribution in [0.15, 0.2) is 176 Å². The van der Waals surface area contributed by atoms with Gasteiger partial charge in [0.25, 0.3) is 0 Å². The number of hydrogen-bond donors (Lipinski definition) is 0. The molecule has 3 aromatic heterocycles. The molecule has 8 aromatic carbocycles. The second-order valence-electron chi connectivity index (χ2n) is 17.0. The molecule has 0 saturated carbocycles. The van der Waals surface area contributed by atoms with E-state index in [-0.39, 0.29) is 0 Å². The zero-order valence-corrected chi connectivity index (χ0v) is 37.1. The normalized spacial score (nSPS) is 11.6. The molecule has 0 unspecified atom stereocenters. The van der Waals surface area contributed by atoms with Gasteiger partial charge in [-0.3, -0.25) is 0 Å². The molecule has 0 atom stereocenters. The van der Waals surface area contributed by atoms with E-state index >= 15 is 0 Å². The van der Waals surface area contributed by atoms with Gasteiger partial charge < -0.3 is 9.13 Å². The first-order valence-electron chi connectivity index (χ1n) is 21.6. The van der Waals surface area contributed by atoms with Crippen LogP contribution >= 0.6 is 8.20 Å². The largest absolute Gasteiger partial charge is 0.308 e. The first-order chi connectivity index (χ1) is 31.2. The van der Waals surface area contributed by atoms with Crippen molar-refractivity contribution in [2.75, 3.05) is 0 Å². The van der Waals surface area contributed by atoms with Crippen LogP contribution in [0.25, 0.3) is 99.6 Å². The van der Waals surface area contributed by atoms with E-state index in [1.165, 1.54) is 33.4 Å². The van der Waals surface area contributed by atoms with E-state index in [1.54, 1.807) is 0 Å². The monoisotopic (exact) mass is 838 g/mol. The molecule has 5 heteroatoms. The predicted molar refractivity (Wildman–Crippen MR) is 272 cm³/mol. The van der Waals surface area contributed by atoms with Crippen molar-refractivity contribution >= 4 is 63.6 Å². The highest BCUT2D eigenvalue weighted by molar-refractivity contribution is 7.45. The van der Waals surface area contributed by atoms with Gasteiger partial charge in [0.2, 0.25) is 0 Å². The Balaban J connectivity index is 1.23. The maximum atomic E-state index is 11.6. The number of fused-ring (bicyclic) bond motifs is 6. The van der Waals surface area contributed by atoms with Gasteiger partial charge in [0, 0.05) is 27.1 Å². The van der Waals surface area contributed by atoms with Gasteiger partial charge >= 0.3 is 0 Å². The predicted octanol–water partition coefficient (Wildman–Crippen LogP) is 15.1. The molecule has 0 saturated heterocycles. The van der Waals surface area contributed by atoms with Crippen molar-refractivity contribution in [3.05, 3.63) is 204 Å². The number of hydrogen-bond acceptors (Lipinski definition) is 2. The van der Waals surface area contributed by atoms with Crippen LogP contribution in [0.3, 0.4) is 0 Å². The lowest BCUT2D eigenvalue weighted by Gasteiger charge is -2.19. The number of nitrogens with zero attached hydrogens (tertiary/aromatic N) is 4. The van der Waals surface area contributed by atoms with E-state index < -0.39 is 0 Å². The molecular weight excluding hydrogens is 796 g/mol. The van der Waals surface area contributed by atoms with Gasteiger partial charge in [0.1, 0.15) is 11.6 Å². The van der Waals surface area contributed by atoms with Crippen molar-refractivity contribution in [3.63, 3.8) is 0 Å². The van der Waals surface area contributed by atoms with Crippen molar-refractivity contribution < 1.29 is 0 Å². The fourth-order valence-corrected chi connectivity index (χ4v) is 10.3. The Bertz CT molecular complexity index is 3520. The van der Waals surface area contributed by atoms with Crippen LogP contribution in [0.5, 0.6) is 0 Å². The number of pyridine rings is 1. The van der Waals surface area contributed by atoms with E-state index in [4.69, 9.17) is 4.98 Å². The SMILES string of the molecule is C=Pc1cc(-c2cc(-n3c4ccccc4c4cc(-c5cc(C)cc(C)c5)ccc43)c(C#N)c(-n3c4ccccc4c4cc(-c5cc(C)cc(C)c5)ccc43)c2)cc(-c2ccccc2)n1. The third-order valence-corrected chi connectivity index (χ3v) is 13.1. The summed E-state index contributed by atoms with van der Waals surface area (Å²) in [5, 5.41) is 16.1. The minimum atomic E-state index is 0.582. The Hall–Kier alpha value is -7.83. The van der Waals surface area contributed by atoms with E-state index in [9.17, 15) is 5.26 Å². The second kappa shape index (κ2) is 15.5. The third-order valence-electron chi connectivity index (χ3n) is 12.5. The van der Waals surface area contributed by atoms with Crippen LogP contribution in [0.1, 0.15) is 27.8 Å². The lowest BCUT2D eigenvalue weighted by Crippen LogP contribution is -2.06. The summed E-state index contributed by atoms with van der Waals surface area (Å²) < 4.78 is 4.60. The van der Waals surface area contributed by atoms with Crippen molar-refractivity contribution in [1.29, 1.82) is 5.26 Å². The molecule has 0 radical (unpaired) electrons. The van der Waals surface area contributed by atoms with E-state index in [1.807, 2.05) is 18.2 Å². The molecule has 304 valence electrons. The summed E-state index contributed by atoms with van der Waals surface area (Å²) in [4.78, 5) is 5.04. The van der Waals surface area contributed by atoms with Crippen LogP contribution in [-0.4, -0.2) is 20.4 Å². The summed E-state index contributed by atoms with van der Waals surface area (Å²) in [5.74, 6) is 0. The van der Waals surface area contributed by atoms with Crippen LogP contribution in [0.4, 0.5) is 0 Å². The van der Waals surface area contributed by atoms with Crippen LogP contribution in [-0.2, 0) is 0 Å². The summed E-state index contributed by atoms with van der Waals surface area (Å²) in [6, 6.07) is 65.9. The van der Waals surface area contributed by atoms with Crippen molar-refractivity contribution in [3.8, 4) is 62.1 Å². The smallest absolute Gasteiger partial charge is 0.104 e. The Labute approximate surface area is 374 Å². The summed E-state index contributed by atoms with van der Waals surface area (Å²) >= 11 is 0. The lowest BCUT2D eigenvalue weighted by molar-refractivity contribution is 1.12. The molecule has 0 fully saturated rings. The number of aryl methyl sites for hydroxylation is 4. The van der Waals surface area contributed by atoms with E-state index in [0.717, 1.165) is 102 Å². The van der Waals surface area contributed by atoms with Crippen molar-refractivity contribution in [2.45, 2.75) is 27.7 Å². The maximum absolute atomic E-state index is 11.6. The third kappa shape index (κ3) is 6.61. The standard InChI is InChI=1S/C59H43N4P/c1-36-23-37(2)26-43(25-36)41-19-21-55-49(29-41)47-15-9-11-17-53(47)62(55)57-32-46(45-31-52(61-59(34-45)64-5)40-13-7-6-8-14-40)33-58(51(57)35-60)63-54-18-12-10-16-48(54)50-30-42(20-22-56(50)63)44-27-38(3)24-39(4)28-44/h6-34H,5H2,1-4H3. The summed E-state index contributed by atoms with van der Waals surface area (Å²) in [5.41, 5.74) is 20.7. The minimum absolute atomic E-state index is 0.582. The number of aromatic nitrogens is 3. The molecule has 0 amide bonds. The molecule has 11 rings (SSSR count). The first-order valence-corrected chi connectivity index (χ1v) is 22.7. The number of benzene rings is 8. The first kappa shape index (κ1) is 39.0. The van der Waals surface area contributed by atoms with Gasteiger partial charge in [-0.15, -0.1) is 0 Å². The van der Waals surface area contributed by atoms with Crippen molar-refractivity contribution in [1.82, 2.24) is 14.1 Å². The molecular formula is C59H43N4P. The number of nitriles is 1. The second-order valence-corrected chi connectivity index (χ2v) is 17.8. The van der Waals surface area contributed by atoms with E-state index in [0.29, 0.717) is 5.56 Å². The van der Waals surface area contributed by atoms with Gasteiger partial charge in [-0.05, 0) is 122 Å². The summed E-state index contributed by atoms with van der Waals surface area (Å²) in [6.07, 6.45) is 4.24. The Morgan fingerprint density at radius 1 is 0.422 bits per heavy atom. The highest BCUT2D eigenvalue weighted by Gasteiger charge is 2.23. The molecule has 64 heavy (non-hydrogen) atoms. The van der Waals surface area contributed by atoms with E-state index in [2.05, 4.69) is 207 Å². The molecule has 3 heterocycles. The fourth-order valence-electron chi connectivity index (χ4n) is 9.87. The molecule has 0 N–H and O–H groups in total. The highest BCUT2D eigenvalue weighted by atomic mass is 31.1. The molecule has 4 nitrogen and oxygen atoms in total. The average molecular weight is 839 g/mol.